The molecule has 0 spiro atoms. The quantitative estimate of drug-likeness (QED) is 0.406. The molecule has 0 saturated carbocycles. The third-order valence-corrected chi connectivity index (χ3v) is 5.08. The average Bonchev–Trinajstić information content (AvgIpc) is 3.23. The summed E-state index contributed by atoms with van der Waals surface area (Å²) in [5.74, 6) is 0.208. The number of nitrogens with zero attached hydrogens (tertiary/aromatic N) is 5. The van der Waals surface area contributed by atoms with Gasteiger partial charge in [0, 0.05) is 6.20 Å². The molecule has 0 aliphatic heterocycles. The molecular formula is C16H8Cl2F3N5O2S. The summed E-state index contributed by atoms with van der Waals surface area (Å²) in [5, 5.41) is 0.0614. The number of ether oxygens (including phenoxy) is 2. The first kappa shape index (κ1) is 19.7. The van der Waals surface area contributed by atoms with E-state index in [1.54, 1.807) is 0 Å². The first-order chi connectivity index (χ1) is 13.8. The Morgan fingerprint density at radius 2 is 1.86 bits per heavy atom. The molecule has 150 valence electrons. The van der Waals surface area contributed by atoms with Gasteiger partial charge in [-0.05, 0) is 12.1 Å². The largest absolute Gasteiger partial charge is 0.467 e. The van der Waals surface area contributed by atoms with Gasteiger partial charge in [0.25, 0.3) is 5.19 Å². The minimum atomic E-state index is -4.75. The number of hydrogen-bond donors (Lipinski definition) is 0. The highest BCUT2D eigenvalue weighted by Crippen LogP contribution is 2.44. The molecule has 4 rings (SSSR count). The number of pyridine rings is 1. The minimum absolute atomic E-state index is 0.00358. The van der Waals surface area contributed by atoms with Gasteiger partial charge in [-0.1, -0.05) is 34.5 Å². The molecule has 0 aliphatic rings. The van der Waals surface area contributed by atoms with Crippen LogP contribution in [0.2, 0.25) is 9.36 Å². The lowest BCUT2D eigenvalue weighted by atomic mass is 10.2. The fourth-order valence-electron chi connectivity index (χ4n) is 2.49. The maximum atomic E-state index is 13.6. The fraction of sp³-hybridized carbons (Fsp3) is 0.125. The smallest absolute Gasteiger partial charge is 0.435 e. The predicted molar refractivity (Wildman–Crippen MR) is 100.0 cm³/mol. The van der Waals surface area contributed by atoms with E-state index in [2.05, 4.69) is 19.9 Å². The summed E-state index contributed by atoms with van der Waals surface area (Å²) in [7, 11) is 1.41. The van der Waals surface area contributed by atoms with E-state index in [9.17, 15) is 13.2 Å². The van der Waals surface area contributed by atoms with E-state index in [-0.39, 0.29) is 43.3 Å². The summed E-state index contributed by atoms with van der Waals surface area (Å²) in [4.78, 5) is 15.5. The van der Waals surface area contributed by atoms with Crippen LogP contribution in [0.4, 0.5) is 13.2 Å². The van der Waals surface area contributed by atoms with E-state index in [1.165, 1.54) is 42.2 Å². The third kappa shape index (κ3) is 3.68. The first-order valence-corrected chi connectivity index (χ1v) is 9.29. The van der Waals surface area contributed by atoms with E-state index in [4.69, 9.17) is 32.7 Å². The number of thiazole rings is 1. The van der Waals surface area contributed by atoms with Crippen molar-refractivity contribution in [2.45, 2.75) is 6.18 Å². The van der Waals surface area contributed by atoms with E-state index in [0.29, 0.717) is 0 Å². The van der Waals surface area contributed by atoms with Crippen molar-refractivity contribution in [3.05, 3.63) is 45.8 Å². The third-order valence-electron chi connectivity index (χ3n) is 3.65. The molecule has 29 heavy (non-hydrogen) atoms. The number of rotatable bonds is 4. The zero-order valence-corrected chi connectivity index (χ0v) is 16.6. The summed E-state index contributed by atoms with van der Waals surface area (Å²) in [6.45, 7) is 0. The Morgan fingerprint density at radius 1 is 1.14 bits per heavy atom. The van der Waals surface area contributed by atoms with Crippen molar-refractivity contribution in [3.63, 3.8) is 0 Å². The van der Waals surface area contributed by atoms with Crippen LogP contribution in [0.15, 0.2) is 30.7 Å². The Bertz CT molecular complexity index is 1190. The molecule has 0 fully saturated rings. The van der Waals surface area contributed by atoms with E-state index >= 15 is 0 Å². The summed E-state index contributed by atoms with van der Waals surface area (Å²) < 4.78 is 52.4. The van der Waals surface area contributed by atoms with Crippen LogP contribution in [0, 0.1) is 0 Å². The second kappa shape index (κ2) is 7.32. The van der Waals surface area contributed by atoms with Gasteiger partial charge in [-0.3, -0.25) is 4.40 Å². The number of aromatic nitrogens is 5. The average molecular weight is 462 g/mol. The molecule has 0 amide bonds. The molecule has 0 bridgehead atoms. The SMILES string of the molecule is COc1ncc(Oc2nc(-c3c(C(F)(F)F)nc4c(Cl)cccn34)c(Cl)s2)cn1. The Balaban J connectivity index is 1.81. The van der Waals surface area contributed by atoms with Crippen molar-refractivity contribution in [3.8, 4) is 28.3 Å². The van der Waals surface area contributed by atoms with Gasteiger partial charge < -0.3 is 9.47 Å². The van der Waals surface area contributed by atoms with Crippen LogP contribution < -0.4 is 9.47 Å². The molecule has 0 radical (unpaired) electrons. The maximum Gasteiger partial charge on any atom is 0.435 e. The van der Waals surface area contributed by atoms with Gasteiger partial charge >= 0.3 is 12.2 Å². The maximum absolute atomic E-state index is 13.6. The van der Waals surface area contributed by atoms with Crippen molar-refractivity contribution >= 4 is 40.2 Å². The standard InChI is InChI=1S/C16H8Cl2F3N5O2S/c1-27-14-22-5-7(6-23-14)28-15-24-9(12(18)29-15)10-11(16(19,20)21)25-13-8(17)3-2-4-26(10)13/h2-6H,1H3. The highest BCUT2D eigenvalue weighted by Gasteiger charge is 2.40. The normalized spacial score (nSPS) is 11.8. The Labute approximate surface area is 174 Å². The molecule has 7 nitrogen and oxygen atoms in total. The Morgan fingerprint density at radius 3 is 2.52 bits per heavy atom. The molecule has 0 aliphatic carbocycles. The molecule has 0 saturated heterocycles. The van der Waals surface area contributed by atoms with Gasteiger partial charge in [0.05, 0.1) is 24.5 Å². The summed E-state index contributed by atoms with van der Waals surface area (Å²) in [6, 6.07) is 3.06. The molecule has 0 N–H and O–H groups in total. The molecule has 4 aromatic rings. The van der Waals surface area contributed by atoms with E-state index in [1.807, 2.05) is 0 Å². The van der Waals surface area contributed by atoms with Crippen LogP contribution >= 0.6 is 34.5 Å². The predicted octanol–water partition coefficient (Wildman–Crippen LogP) is 5.37. The summed E-state index contributed by atoms with van der Waals surface area (Å²) in [5.41, 5.74) is -1.69. The fourth-order valence-corrected chi connectivity index (χ4v) is 3.70. The van der Waals surface area contributed by atoms with Gasteiger partial charge in [0.1, 0.15) is 15.7 Å². The van der Waals surface area contributed by atoms with Crippen LogP contribution in [-0.2, 0) is 6.18 Å². The van der Waals surface area contributed by atoms with Crippen molar-refractivity contribution in [1.29, 1.82) is 0 Å². The van der Waals surface area contributed by atoms with Gasteiger partial charge in [-0.15, -0.1) is 0 Å². The molecule has 0 unspecified atom stereocenters. The number of fused-ring (bicyclic) bond motifs is 1. The topological polar surface area (TPSA) is 74.4 Å². The lowest BCUT2D eigenvalue weighted by molar-refractivity contribution is -0.140. The van der Waals surface area contributed by atoms with Gasteiger partial charge in [0.2, 0.25) is 0 Å². The van der Waals surface area contributed by atoms with Gasteiger partial charge in [-0.25, -0.2) is 4.98 Å². The number of halogens is 5. The van der Waals surface area contributed by atoms with Crippen molar-refractivity contribution < 1.29 is 22.6 Å². The summed E-state index contributed by atoms with van der Waals surface area (Å²) in [6.07, 6.45) is -0.694. The van der Waals surface area contributed by atoms with E-state index in [0.717, 1.165) is 11.3 Å². The van der Waals surface area contributed by atoms with Crippen LogP contribution in [0.1, 0.15) is 5.69 Å². The van der Waals surface area contributed by atoms with Crippen LogP contribution in [0.3, 0.4) is 0 Å². The molecule has 4 aromatic heterocycles. The zero-order chi connectivity index (χ0) is 20.8. The monoisotopic (exact) mass is 461 g/mol. The Kier molecular flexibility index (Phi) is 4.97. The van der Waals surface area contributed by atoms with Crippen molar-refractivity contribution in [2.24, 2.45) is 0 Å². The van der Waals surface area contributed by atoms with Gasteiger partial charge in [-0.2, -0.15) is 28.1 Å². The number of methoxy groups -OCH3 is 1. The highest BCUT2D eigenvalue weighted by atomic mass is 35.5. The lowest BCUT2D eigenvalue weighted by Gasteiger charge is -2.06. The number of imidazole rings is 1. The number of hydrogen-bond acceptors (Lipinski definition) is 7. The second-order valence-electron chi connectivity index (χ2n) is 5.47. The lowest BCUT2D eigenvalue weighted by Crippen LogP contribution is -2.08. The molecule has 13 heteroatoms. The van der Waals surface area contributed by atoms with Crippen LogP contribution in [0.5, 0.6) is 17.0 Å². The molecule has 4 heterocycles. The number of alkyl halides is 3. The van der Waals surface area contributed by atoms with Crippen molar-refractivity contribution in [2.75, 3.05) is 7.11 Å². The molecule has 0 aromatic carbocycles. The molecular weight excluding hydrogens is 454 g/mol. The first-order valence-electron chi connectivity index (χ1n) is 7.72. The minimum Gasteiger partial charge on any atom is -0.467 e. The van der Waals surface area contributed by atoms with Crippen LogP contribution in [0.25, 0.3) is 17.0 Å². The van der Waals surface area contributed by atoms with E-state index < -0.39 is 11.9 Å². The van der Waals surface area contributed by atoms with Gasteiger partial charge in [0.15, 0.2) is 17.1 Å². The van der Waals surface area contributed by atoms with Crippen molar-refractivity contribution in [1.82, 2.24) is 24.3 Å². The van der Waals surface area contributed by atoms with Crippen LogP contribution in [-0.4, -0.2) is 31.4 Å². The Hall–Kier alpha value is -2.63. The molecule has 0 atom stereocenters. The summed E-state index contributed by atoms with van der Waals surface area (Å²) >= 11 is 13.1. The highest BCUT2D eigenvalue weighted by molar-refractivity contribution is 7.18. The zero-order valence-electron chi connectivity index (χ0n) is 14.2. The second-order valence-corrected chi connectivity index (χ2v) is 7.44.